The second-order valence-electron chi connectivity index (χ2n) is 4.19. The van der Waals surface area contributed by atoms with E-state index < -0.39 is 0 Å². The fourth-order valence-electron chi connectivity index (χ4n) is 1.94. The van der Waals surface area contributed by atoms with E-state index in [1.807, 2.05) is 0 Å². The highest BCUT2D eigenvalue weighted by atomic mass is 15.1. The third-order valence-electron chi connectivity index (χ3n) is 2.88. The monoisotopic (exact) mass is 202 g/mol. The quantitative estimate of drug-likeness (QED) is 0.798. The van der Waals surface area contributed by atoms with E-state index in [0.717, 1.165) is 25.9 Å². The minimum atomic E-state index is 0.947. The molecule has 1 heterocycles. The van der Waals surface area contributed by atoms with Crippen molar-refractivity contribution in [3.63, 3.8) is 0 Å². The van der Waals surface area contributed by atoms with Crippen LogP contribution in [0.2, 0.25) is 0 Å². The standard InChI is InChI=1S/C13H18N2/c1-10-3-4-11(2)12(9-10)5-6-13-14-7-8-15-13/h3-4,9H,5-8H2,1-2H3,(H,14,15). The Kier molecular flexibility index (Phi) is 3.05. The summed E-state index contributed by atoms with van der Waals surface area (Å²) in [5.41, 5.74) is 4.18. The minimum Gasteiger partial charge on any atom is -0.372 e. The maximum Gasteiger partial charge on any atom is 0.0967 e. The van der Waals surface area contributed by atoms with Gasteiger partial charge in [0.05, 0.1) is 12.4 Å². The highest BCUT2D eigenvalue weighted by Crippen LogP contribution is 2.13. The van der Waals surface area contributed by atoms with Gasteiger partial charge in [-0.2, -0.15) is 0 Å². The van der Waals surface area contributed by atoms with Crippen LogP contribution in [0, 0.1) is 13.8 Å². The van der Waals surface area contributed by atoms with Crippen LogP contribution in [-0.2, 0) is 6.42 Å². The van der Waals surface area contributed by atoms with E-state index in [9.17, 15) is 0 Å². The lowest BCUT2D eigenvalue weighted by Gasteiger charge is -2.07. The van der Waals surface area contributed by atoms with Crippen LogP contribution in [0.15, 0.2) is 23.2 Å². The summed E-state index contributed by atoms with van der Waals surface area (Å²) >= 11 is 0. The summed E-state index contributed by atoms with van der Waals surface area (Å²) in [6.45, 7) is 6.29. The van der Waals surface area contributed by atoms with Crippen molar-refractivity contribution in [3.8, 4) is 0 Å². The Hall–Kier alpha value is -1.31. The van der Waals surface area contributed by atoms with Crippen LogP contribution in [-0.4, -0.2) is 18.9 Å². The first kappa shape index (κ1) is 10.2. The molecule has 0 unspecified atom stereocenters. The molecule has 2 heteroatoms. The molecule has 0 fully saturated rings. The highest BCUT2D eigenvalue weighted by Gasteiger charge is 2.06. The van der Waals surface area contributed by atoms with Gasteiger partial charge in [-0.25, -0.2) is 0 Å². The van der Waals surface area contributed by atoms with Gasteiger partial charge in [-0.3, -0.25) is 4.99 Å². The molecule has 2 nitrogen and oxygen atoms in total. The Balaban J connectivity index is 2.00. The number of rotatable bonds is 3. The van der Waals surface area contributed by atoms with Crippen molar-refractivity contribution >= 4 is 5.84 Å². The molecule has 0 bridgehead atoms. The molecule has 0 saturated carbocycles. The largest absolute Gasteiger partial charge is 0.372 e. The van der Waals surface area contributed by atoms with Crippen molar-refractivity contribution in [1.82, 2.24) is 5.32 Å². The van der Waals surface area contributed by atoms with E-state index in [-0.39, 0.29) is 0 Å². The number of hydrogen-bond donors (Lipinski definition) is 1. The van der Waals surface area contributed by atoms with Crippen LogP contribution < -0.4 is 5.32 Å². The molecule has 0 spiro atoms. The number of benzene rings is 1. The summed E-state index contributed by atoms with van der Waals surface area (Å²) in [7, 11) is 0. The van der Waals surface area contributed by atoms with E-state index in [1.165, 1.54) is 22.5 Å². The van der Waals surface area contributed by atoms with Crippen LogP contribution in [0.4, 0.5) is 0 Å². The zero-order valence-corrected chi connectivity index (χ0v) is 9.51. The first-order valence-corrected chi connectivity index (χ1v) is 5.59. The van der Waals surface area contributed by atoms with Crippen molar-refractivity contribution < 1.29 is 0 Å². The van der Waals surface area contributed by atoms with Gasteiger partial charge in [0.2, 0.25) is 0 Å². The van der Waals surface area contributed by atoms with Gasteiger partial charge < -0.3 is 5.32 Å². The number of aryl methyl sites for hydroxylation is 3. The number of hydrogen-bond acceptors (Lipinski definition) is 2. The van der Waals surface area contributed by atoms with Gasteiger partial charge in [-0.1, -0.05) is 23.8 Å². The number of nitrogens with zero attached hydrogens (tertiary/aromatic N) is 1. The zero-order chi connectivity index (χ0) is 10.7. The molecule has 0 amide bonds. The lowest BCUT2D eigenvalue weighted by molar-refractivity contribution is 0.930. The van der Waals surface area contributed by atoms with Gasteiger partial charge in [0, 0.05) is 13.0 Å². The Morgan fingerprint density at radius 1 is 1.27 bits per heavy atom. The molecule has 1 aromatic carbocycles. The SMILES string of the molecule is Cc1ccc(C)c(CCC2=NCCN2)c1. The van der Waals surface area contributed by atoms with Gasteiger partial charge in [0.1, 0.15) is 0 Å². The molecule has 0 atom stereocenters. The molecule has 1 aliphatic rings. The summed E-state index contributed by atoms with van der Waals surface area (Å²) < 4.78 is 0. The maximum atomic E-state index is 4.41. The Labute approximate surface area is 91.4 Å². The molecule has 0 saturated heterocycles. The van der Waals surface area contributed by atoms with Crippen LogP contribution in [0.5, 0.6) is 0 Å². The van der Waals surface area contributed by atoms with Crippen LogP contribution in [0.1, 0.15) is 23.1 Å². The molecule has 15 heavy (non-hydrogen) atoms. The molecule has 80 valence electrons. The van der Waals surface area contributed by atoms with Gasteiger partial charge in [0.15, 0.2) is 0 Å². The lowest BCUT2D eigenvalue weighted by atomic mass is 10.0. The molecule has 1 N–H and O–H groups in total. The predicted molar refractivity (Wildman–Crippen MR) is 64.5 cm³/mol. The van der Waals surface area contributed by atoms with Crippen molar-refractivity contribution in [2.75, 3.05) is 13.1 Å². The third kappa shape index (κ3) is 2.58. The van der Waals surface area contributed by atoms with Crippen molar-refractivity contribution in [2.45, 2.75) is 26.7 Å². The summed E-state index contributed by atoms with van der Waals surface area (Å²) in [5.74, 6) is 1.18. The topological polar surface area (TPSA) is 24.4 Å². The molecule has 1 aromatic rings. The first-order valence-electron chi connectivity index (χ1n) is 5.59. The number of amidine groups is 1. The van der Waals surface area contributed by atoms with E-state index in [0.29, 0.717) is 0 Å². The van der Waals surface area contributed by atoms with Gasteiger partial charge in [0.25, 0.3) is 0 Å². The second kappa shape index (κ2) is 4.47. The molecule has 0 radical (unpaired) electrons. The third-order valence-corrected chi connectivity index (χ3v) is 2.88. The molecule has 0 aliphatic carbocycles. The van der Waals surface area contributed by atoms with Crippen molar-refractivity contribution in [2.24, 2.45) is 4.99 Å². The Morgan fingerprint density at radius 2 is 2.13 bits per heavy atom. The Morgan fingerprint density at radius 3 is 2.87 bits per heavy atom. The molecular formula is C13H18N2. The van der Waals surface area contributed by atoms with E-state index in [2.05, 4.69) is 42.4 Å². The van der Waals surface area contributed by atoms with E-state index in [1.54, 1.807) is 0 Å². The van der Waals surface area contributed by atoms with E-state index >= 15 is 0 Å². The zero-order valence-electron chi connectivity index (χ0n) is 9.51. The van der Waals surface area contributed by atoms with Crippen molar-refractivity contribution in [1.29, 1.82) is 0 Å². The fourth-order valence-corrected chi connectivity index (χ4v) is 1.94. The summed E-state index contributed by atoms with van der Waals surface area (Å²) in [4.78, 5) is 4.41. The highest BCUT2D eigenvalue weighted by molar-refractivity contribution is 5.83. The normalized spacial score (nSPS) is 14.9. The predicted octanol–water partition coefficient (Wildman–Crippen LogP) is 2.24. The fraction of sp³-hybridized carbons (Fsp3) is 0.462. The molecule has 2 rings (SSSR count). The Bertz CT molecular complexity index is 380. The average molecular weight is 202 g/mol. The number of nitrogens with one attached hydrogen (secondary N) is 1. The summed E-state index contributed by atoms with van der Waals surface area (Å²) in [6, 6.07) is 6.66. The van der Waals surface area contributed by atoms with Crippen LogP contribution >= 0.6 is 0 Å². The minimum absolute atomic E-state index is 0.947. The smallest absolute Gasteiger partial charge is 0.0967 e. The van der Waals surface area contributed by atoms with Crippen molar-refractivity contribution in [3.05, 3.63) is 34.9 Å². The first-order chi connectivity index (χ1) is 7.25. The molecule has 0 aromatic heterocycles. The van der Waals surface area contributed by atoms with Gasteiger partial charge >= 0.3 is 0 Å². The average Bonchev–Trinajstić information content (AvgIpc) is 2.72. The molecule has 1 aliphatic heterocycles. The lowest BCUT2D eigenvalue weighted by Crippen LogP contribution is -2.18. The van der Waals surface area contributed by atoms with Crippen LogP contribution in [0.3, 0.4) is 0 Å². The maximum absolute atomic E-state index is 4.41. The summed E-state index contributed by atoms with van der Waals surface area (Å²) in [5, 5.41) is 3.31. The second-order valence-corrected chi connectivity index (χ2v) is 4.19. The van der Waals surface area contributed by atoms with Crippen LogP contribution in [0.25, 0.3) is 0 Å². The number of aliphatic imine (C=N–C) groups is 1. The van der Waals surface area contributed by atoms with Gasteiger partial charge in [-0.15, -0.1) is 0 Å². The summed E-state index contributed by atoms with van der Waals surface area (Å²) in [6.07, 6.45) is 2.14. The van der Waals surface area contributed by atoms with Gasteiger partial charge in [-0.05, 0) is 31.4 Å². The van der Waals surface area contributed by atoms with E-state index in [4.69, 9.17) is 0 Å². The molecular weight excluding hydrogens is 184 g/mol.